The average molecular weight is 602 g/mol. The highest BCUT2D eigenvalue weighted by Crippen LogP contribution is 2.31. The number of rotatable bonds is 7. The van der Waals surface area contributed by atoms with E-state index in [-0.39, 0.29) is 17.4 Å². The van der Waals surface area contributed by atoms with Crippen LogP contribution in [-0.4, -0.2) is 42.7 Å². The summed E-state index contributed by atoms with van der Waals surface area (Å²) in [4.78, 5) is 16.5. The van der Waals surface area contributed by atoms with E-state index in [1.54, 1.807) is 24.5 Å². The fourth-order valence-corrected chi connectivity index (χ4v) is 5.00. The van der Waals surface area contributed by atoms with Crippen molar-refractivity contribution in [3.63, 3.8) is 0 Å². The number of nitrogens with one attached hydrogen (secondary N) is 1. The number of hydrogen-bond acceptors (Lipinski definition) is 7. The van der Waals surface area contributed by atoms with Crippen molar-refractivity contribution in [2.24, 2.45) is 5.10 Å². The molecule has 2 heterocycles. The van der Waals surface area contributed by atoms with Crippen LogP contribution in [0.5, 0.6) is 5.75 Å². The van der Waals surface area contributed by atoms with Crippen LogP contribution in [0, 0.1) is 6.92 Å². The van der Waals surface area contributed by atoms with Crippen LogP contribution in [0.25, 0.3) is 17.1 Å². The van der Waals surface area contributed by atoms with Crippen LogP contribution in [0.4, 0.5) is 0 Å². The van der Waals surface area contributed by atoms with Crippen molar-refractivity contribution >= 4 is 55.7 Å². The Morgan fingerprint density at radius 1 is 1.15 bits per heavy atom. The average Bonchev–Trinajstić information content (AvgIpc) is 3.26. The van der Waals surface area contributed by atoms with Crippen molar-refractivity contribution < 1.29 is 9.90 Å². The Morgan fingerprint density at radius 3 is 2.62 bits per heavy atom. The lowest BCUT2D eigenvalue weighted by atomic mass is 10.2. The molecule has 4 aromatic rings. The molecule has 2 N–H and O–H groups in total. The number of carbonyl (C=O) groups excluding carboxylic acids is 1. The maximum absolute atomic E-state index is 12.4. The van der Waals surface area contributed by atoms with Gasteiger partial charge >= 0.3 is 0 Å². The number of pyridine rings is 1. The van der Waals surface area contributed by atoms with Crippen LogP contribution in [0.3, 0.4) is 0 Å². The Labute approximate surface area is 216 Å². The number of halogens is 2. The van der Waals surface area contributed by atoms with E-state index in [2.05, 4.69) is 57.6 Å². The molecule has 0 atom stereocenters. The quantitative estimate of drug-likeness (QED) is 0.173. The number of aryl methyl sites for hydroxylation is 1. The molecule has 172 valence electrons. The molecular weight excluding hydrogens is 584 g/mol. The number of phenolic OH excluding ortho intramolecular Hbond substituents is 1. The number of hydrazone groups is 1. The minimum atomic E-state index is -0.321. The first-order valence-corrected chi connectivity index (χ1v) is 12.5. The van der Waals surface area contributed by atoms with Crippen LogP contribution in [0.15, 0.2) is 80.1 Å². The number of aromatic hydroxyl groups is 1. The predicted octanol–water partition coefficient (Wildman–Crippen LogP) is 5.11. The van der Waals surface area contributed by atoms with E-state index in [1.165, 1.54) is 18.0 Å². The van der Waals surface area contributed by atoms with Gasteiger partial charge in [-0.25, -0.2) is 5.43 Å². The summed E-state index contributed by atoms with van der Waals surface area (Å²) in [7, 11) is 0. The standard InChI is InChI=1S/C23H18Br2N6O2S/c1-14-2-4-18(5-3-14)31-22(15-6-8-26-9-7-15)29-30-23(31)34-13-20(32)28-27-12-16-10-17(24)11-19(25)21(16)33/h2-12,33H,13H2,1H3,(H,28,32)/b27-12+. The fraction of sp³-hybridized carbons (Fsp3) is 0.0870. The van der Waals surface area contributed by atoms with Crippen LogP contribution < -0.4 is 5.43 Å². The summed E-state index contributed by atoms with van der Waals surface area (Å²) in [5.74, 6) is 0.443. The molecule has 0 spiro atoms. The number of thioether (sulfide) groups is 1. The van der Waals surface area contributed by atoms with Crippen LogP contribution >= 0.6 is 43.6 Å². The summed E-state index contributed by atoms with van der Waals surface area (Å²) in [6, 6.07) is 15.1. The van der Waals surface area contributed by atoms with Gasteiger partial charge in [-0.1, -0.05) is 45.4 Å². The van der Waals surface area contributed by atoms with Crippen molar-refractivity contribution in [1.82, 2.24) is 25.2 Å². The Balaban J connectivity index is 1.50. The molecule has 0 saturated carbocycles. The van der Waals surface area contributed by atoms with Crippen molar-refractivity contribution in [1.29, 1.82) is 0 Å². The summed E-state index contributed by atoms with van der Waals surface area (Å²) >= 11 is 7.87. The highest BCUT2D eigenvalue weighted by atomic mass is 79.9. The lowest BCUT2D eigenvalue weighted by molar-refractivity contribution is -0.118. The monoisotopic (exact) mass is 600 g/mol. The summed E-state index contributed by atoms with van der Waals surface area (Å²) in [5, 5.41) is 23.3. The van der Waals surface area contributed by atoms with Crippen LogP contribution in [-0.2, 0) is 4.79 Å². The maximum atomic E-state index is 12.4. The molecule has 11 heteroatoms. The number of amides is 1. The Morgan fingerprint density at radius 2 is 1.88 bits per heavy atom. The number of hydrogen-bond donors (Lipinski definition) is 2. The smallest absolute Gasteiger partial charge is 0.250 e. The van der Waals surface area contributed by atoms with Gasteiger partial charge < -0.3 is 5.11 Å². The van der Waals surface area contributed by atoms with Gasteiger partial charge in [-0.2, -0.15) is 5.10 Å². The molecule has 0 unspecified atom stereocenters. The Hall–Kier alpha value is -3.02. The van der Waals surface area contributed by atoms with Gasteiger partial charge in [-0.15, -0.1) is 10.2 Å². The van der Waals surface area contributed by atoms with Gasteiger partial charge in [0.1, 0.15) is 5.75 Å². The normalized spacial score (nSPS) is 11.1. The molecule has 0 bridgehead atoms. The van der Waals surface area contributed by atoms with Gasteiger partial charge in [0.25, 0.3) is 5.91 Å². The maximum Gasteiger partial charge on any atom is 0.250 e. The van der Waals surface area contributed by atoms with Gasteiger partial charge in [-0.05, 0) is 59.3 Å². The highest BCUT2D eigenvalue weighted by molar-refractivity contribution is 9.11. The van der Waals surface area contributed by atoms with E-state index >= 15 is 0 Å². The van der Waals surface area contributed by atoms with Crippen LogP contribution in [0.2, 0.25) is 0 Å². The summed E-state index contributed by atoms with van der Waals surface area (Å²) in [5.41, 5.74) is 5.82. The lowest BCUT2D eigenvalue weighted by Gasteiger charge is -2.10. The molecule has 2 aromatic carbocycles. The SMILES string of the molecule is Cc1ccc(-n2c(SCC(=O)N/N=C/c3cc(Br)cc(Br)c3O)nnc2-c2ccncc2)cc1. The summed E-state index contributed by atoms with van der Waals surface area (Å²) in [6.07, 6.45) is 4.77. The molecule has 2 aromatic heterocycles. The Kier molecular flexibility index (Phi) is 7.76. The molecule has 0 saturated heterocycles. The largest absolute Gasteiger partial charge is 0.506 e. The third-order valence-electron chi connectivity index (χ3n) is 4.65. The zero-order chi connectivity index (χ0) is 24.1. The van der Waals surface area contributed by atoms with E-state index in [4.69, 9.17) is 0 Å². The number of nitrogens with zero attached hydrogens (tertiary/aromatic N) is 5. The number of phenols is 1. The zero-order valence-corrected chi connectivity index (χ0v) is 21.8. The van der Waals surface area contributed by atoms with Crippen molar-refractivity contribution in [2.45, 2.75) is 12.1 Å². The summed E-state index contributed by atoms with van der Waals surface area (Å²) < 4.78 is 3.19. The first-order valence-electron chi connectivity index (χ1n) is 9.98. The molecule has 0 aliphatic rings. The molecule has 1 amide bonds. The number of carbonyl (C=O) groups is 1. The first kappa shape index (κ1) is 24.1. The molecule has 0 aliphatic carbocycles. The van der Waals surface area contributed by atoms with E-state index < -0.39 is 0 Å². The van der Waals surface area contributed by atoms with Gasteiger partial charge in [-0.3, -0.25) is 14.3 Å². The summed E-state index contributed by atoms with van der Waals surface area (Å²) in [6.45, 7) is 2.02. The van der Waals surface area contributed by atoms with E-state index in [1.807, 2.05) is 47.9 Å². The minimum Gasteiger partial charge on any atom is -0.506 e. The molecular formula is C23H18Br2N6O2S. The molecule has 4 rings (SSSR count). The second-order valence-electron chi connectivity index (χ2n) is 7.12. The molecule has 8 nitrogen and oxygen atoms in total. The van der Waals surface area contributed by atoms with E-state index in [0.717, 1.165) is 21.3 Å². The van der Waals surface area contributed by atoms with E-state index in [0.29, 0.717) is 21.0 Å². The zero-order valence-electron chi connectivity index (χ0n) is 17.8. The topological polar surface area (TPSA) is 105 Å². The van der Waals surface area contributed by atoms with Gasteiger partial charge in [0.15, 0.2) is 11.0 Å². The Bertz CT molecular complexity index is 1340. The van der Waals surface area contributed by atoms with Gasteiger partial charge in [0.05, 0.1) is 16.4 Å². The van der Waals surface area contributed by atoms with Crippen molar-refractivity contribution in [2.75, 3.05) is 5.75 Å². The van der Waals surface area contributed by atoms with E-state index in [9.17, 15) is 9.90 Å². The second kappa shape index (κ2) is 10.9. The highest BCUT2D eigenvalue weighted by Gasteiger charge is 2.17. The second-order valence-corrected chi connectivity index (χ2v) is 9.83. The number of aromatic nitrogens is 4. The third-order valence-corrected chi connectivity index (χ3v) is 6.64. The molecule has 0 aliphatic heterocycles. The van der Waals surface area contributed by atoms with Crippen molar-refractivity contribution in [3.8, 4) is 22.8 Å². The van der Waals surface area contributed by atoms with Gasteiger partial charge in [0, 0.05) is 33.7 Å². The molecule has 0 radical (unpaired) electrons. The number of benzene rings is 2. The molecule has 34 heavy (non-hydrogen) atoms. The van der Waals surface area contributed by atoms with Crippen molar-refractivity contribution in [3.05, 3.63) is 81.0 Å². The minimum absolute atomic E-state index is 0.0328. The first-order chi connectivity index (χ1) is 16.4. The third kappa shape index (κ3) is 5.72. The molecule has 0 fully saturated rings. The lowest BCUT2D eigenvalue weighted by Crippen LogP contribution is -2.20. The van der Waals surface area contributed by atoms with Gasteiger partial charge in [0.2, 0.25) is 0 Å². The predicted molar refractivity (Wildman–Crippen MR) is 139 cm³/mol. The van der Waals surface area contributed by atoms with Crippen LogP contribution in [0.1, 0.15) is 11.1 Å². The fourth-order valence-electron chi connectivity index (χ4n) is 3.00.